The van der Waals surface area contributed by atoms with E-state index in [9.17, 15) is 10.1 Å². The molecule has 0 aliphatic carbocycles. The van der Waals surface area contributed by atoms with Gasteiger partial charge in [0, 0.05) is 4.88 Å². The molecule has 0 saturated heterocycles. The Balaban J connectivity index is 2.00. The average molecular weight is 371 g/mol. The number of hydrogen-bond acceptors (Lipinski definition) is 8. The second-order valence-electron chi connectivity index (χ2n) is 5.57. The van der Waals surface area contributed by atoms with Crippen molar-refractivity contribution in [3.63, 3.8) is 0 Å². The zero-order valence-electron chi connectivity index (χ0n) is 14.3. The van der Waals surface area contributed by atoms with Crippen LogP contribution in [0, 0.1) is 11.3 Å². The van der Waals surface area contributed by atoms with Crippen molar-refractivity contribution in [1.29, 1.82) is 5.26 Å². The van der Waals surface area contributed by atoms with Crippen LogP contribution >= 0.6 is 11.3 Å². The maximum Gasteiger partial charge on any atom is 0.338 e. The normalized spacial score (nSPS) is 17.0. The van der Waals surface area contributed by atoms with Gasteiger partial charge in [0.05, 0.1) is 24.6 Å². The summed E-state index contributed by atoms with van der Waals surface area (Å²) in [6.45, 7) is 4.14. The molecule has 2 aromatic heterocycles. The molecule has 1 aliphatic heterocycles. The molecule has 0 radical (unpaired) electrons. The van der Waals surface area contributed by atoms with Crippen LogP contribution < -0.4 is 5.73 Å². The summed E-state index contributed by atoms with van der Waals surface area (Å²) in [5, 5.41) is 15.6. The van der Waals surface area contributed by atoms with E-state index in [0.717, 1.165) is 10.4 Å². The van der Waals surface area contributed by atoms with Crippen molar-refractivity contribution in [2.24, 2.45) is 5.73 Å². The minimum absolute atomic E-state index is 0.00859. The minimum Gasteiger partial charge on any atom is -0.463 e. The number of carbonyl (C=O) groups is 1. The summed E-state index contributed by atoms with van der Waals surface area (Å²) >= 11 is 1.44. The van der Waals surface area contributed by atoms with E-state index in [2.05, 4.69) is 16.2 Å². The summed E-state index contributed by atoms with van der Waals surface area (Å²) in [7, 11) is 0. The average Bonchev–Trinajstić information content (AvgIpc) is 3.26. The van der Waals surface area contributed by atoms with Crippen molar-refractivity contribution >= 4 is 17.3 Å². The van der Waals surface area contributed by atoms with Crippen LogP contribution in [0.5, 0.6) is 0 Å². The molecule has 3 rings (SSSR count). The van der Waals surface area contributed by atoms with Gasteiger partial charge in [-0.05, 0) is 30.9 Å². The monoisotopic (exact) mass is 371 g/mol. The van der Waals surface area contributed by atoms with Gasteiger partial charge in [-0.25, -0.2) is 14.5 Å². The van der Waals surface area contributed by atoms with Gasteiger partial charge in [-0.1, -0.05) is 0 Å². The van der Waals surface area contributed by atoms with Crippen LogP contribution in [0.2, 0.25) is 0 Å². The fourth-order valence-corrected chi connectivity index (χ4v) is 3.79. The Morgan fingerprint density at radius 3 is 3.04 bits per heavy atom. The van der Waals surface area contributed by atoms with Gasteiger partial charge in [0.25, 0.3) is 0 Å². The summed E-state index contributed by atoms with van der Waals surface area (Å²) in [5.41, 5.74) is 7.38. The molecule has 1 atom stereocenters. The van der Waals surface area contributed by atoms with Crippen molar-refractivity contribution < 1.29 is 14.3 Å². The fraction of sp³-hybridized carbons (Fsp3) is 0.294. The molecule has 0 amide bonds. The van der Waals surface area contributed by atoms with Crippen molar-refractivity contribution in [2.45, 2.75) is 26.3 Å². The van der Waals surface area contributed by atoms with Gasteiger partial charge in [0.2, 0.25) is 5.88 Å². The first kappa shape index (κ1) is 17.7. The molecule has 2 N–H and O–H groups in total. The number of nitriles is 1. The zero-order chi connectivity index (χ0) is 18.7. The quantitative estimate of drug-likeness (QED) is 0.799. The summed E-state index contributed by atoms with van der Waals surface area (Å²) in [5.74, 6) is -0.769. The molecule has 0 spiro atoms. The largest absolute Gasteiger partial charge is 0.463 e. The lowest BCUT2D eigenvalue weighted by Gasteiger charge is -2.25. The van der Waals surface area contributed by atoms with Crippen LogP contribution in [-0.4, -0.2) is 27.3 Å². The van der Waals surface area contributed by atoms with E-state index in [4.69, 9.17) is 15.2 Å². The third-order valence-electron chi connectivity index (χ3n) is 3.87. The number of aromatic nitrogens is 3. The number of thiophene rings is 1. The SMILES string of the molecule is CCOC(=O)C1=C(C)OC(N)=C(C#N)C1c1cc(Cn2cncn2)cs1. The third-order valence-corrected chi connectivity index (χ3v) is 4.92. The van der Waals surface area contributed by atoms with Gasteiger partial charge in [0.1, 0.15) is 30.1 Å². The van der Waals surface area contributed by atoms with E-state index in [1.807, 2.05) is 11.4 Å². The zero-order valence-corrected chi connectivity index (χ0v) is 15.1. The topological polar surface area (TPSA) is 116 Å². The molecule has 26 heavy (non-hydrogen) atoms. The number of carbonyl (C=O) groups excluding carboxylic acids is 1. The van der Waals surface area contributed by atoms with E-state index in [1.165, 1.54) is 17.7 Å². The van der Waals surface area contributed by atoms with Crippen LogP contribution in [0.1, 0.15) is 30.2 Å². The lowest BCUT2D eigenvalue weighted by atomic mass is 9.87. The highest BCUT2D eigenvalue weighted by Crippen LogP contribution is 2.41. The molecule has 1 unspecified atom stereocenters. The predicted octanol–water partition coefficient (Wildman–Crippen LogP) is 2.03. The second kappa shape index (κ2) is 7.41. The first-order valence-corrected chi connectivity index (χ1v) is 8.78. The summed E-state index contributed by atoms with van der Waals surface area (Å²) in [4.78, 5) is 17.2. The first-order valence-electron chi connectivity index (χ1n) is 7.90. The van der Waals surface area contributed by atoms with Crippen LogP contribution in [-0.2, 0) is 20.8 Å². The molecule has 0 fully saturated rings. The number of allylic oxidation sites excluding steroid dienone is 2. The molecule has 0 bridgehead atoms. The van der Waals surface area contributed by atoms with Crippen LogP contribution in [0.15, 0.2) is 46.9 Å². The lowest BCUT2D eigenvalue weighted by molar-refractivity contribution is -0.139. The van der Waals surface area contributed by atoms with Crippen molar-refractivity contribution in [2.75, 3.05) is 6.61 Å². The smallest absolute Gasteiger partial charge is 0.338 e. The van der Waals surface area contributed by atoms with Crippen molar-refractivity contribution in [3.8, 4) is 6.07 Å². The van der Waals surface area contributed by atoms with Crippen molar-refractivity contribution in [1.82, 2.24) is 14.8 Å². The highest BCUT2D eigenvalue weighted by Gasteiger charge is 2.37. The maximum absolute atomic E-state index is 12.5. The third kappa shape index (κ3) is 3.32. The number of rotatable bonds is 5. The number of hydrogen-bond donors (Lipinski definition) is 1. The summed E-state index contributed by atoms with van der Waals surface area (Å²) < 4.78 is 12.3. The Bertz CT molecular complexity index is 921. The molecular weight excluding hydrogens is 354 g/mol. The van der Waals surface area contributed by atoms with E-state index in [0.29, 0.717) is 17.9 Å². The molecule has 134 valence electrons. The molecule has 2 aromatic rings. The van der Waals surface area contributed by atoms with Crippen LogP contribution in [0.4, 0.5) is 0 Å². The van der Waals surface area contributed by atoms with Crippen molar-refractivity contribution in [3.05, 3.63) is 57.3 Å². The highest BCUT2D eigenvalue weighted by atomic mass is 32.1. The Morgan fingerprint density at radius 1 is 1.58 bits per heavy atom. The van der Waals surface area contributed by atoms with Gasteiger partial charge in [-0.3, -0.25) is 0 Å². The molecule has 0 saturated carbocycles. The van der Waals surface area contributed by atoms with E-state index in [-0.39, 0.29) is 18.1 Å². The van der Waals surface area contributed by atoms with Crippen LogP contribution in [0.25, 0.3) is 0 Å². The van der Waals surface area contributed by atoms with Gasteiger partial charge in [-0.15, -0.1) is 11.3 Å². The molecule has 1 aliphatic rings. The number of nitrogens with two attached hydrogens (primary N) is 1. The van der Waals surface area contributed by atoms with E-state index < -0.39 is 11.9 Å². The van der Waals surface area contributed by atoms with E-state index in [1.54, 1.807) is 24.9 Å². The Kier molecular flexibility index (Phi) is 5.04. The standard InChI is InChI=1S/C17H17N5O3S/c1-3-24-17(23)14-10(2)25-16(19)12(5-18)15(14)13-4-11(7-26-13)6-22-9-20-8-21-22/h4,7-9,15H,3,6,19H2,1-2H3. The fourth-order valence-electron chi connectivity index (χ4n) is 2.77. The molecule has 9 heteroatoms. The lowest BCUT2D eigenvalue weighted by Crippen LogP contribution is -2.25. The predicted molar refractivity (Wildman–Crippen MR) is 93.4 cm³/mol. The molecule has 0 aromatic carbocycles. The number of ether oxygens (including phenoxy) is 2. The highest BCUT2D eigenvalue weighted by molar-refractivity contribution is 7.10. The Morgan fingerprint density at radius 2 is 2.38 bits per heavy atom. The maximum atomic E-state index is 12.5. The van der Waals surface area contributed by atoms with Gasteiger partial charge in [0.15, 0.2) is 0 Å². The molecular formula is C17H17N5O3S. The van der Waals surface area contributed by atoms with E-state index >= 15 is 0 Å². The number of nitrogens with zero attached hydrogens (tertiary/aromatic N) is 4. The first-order chi connectivity index (χ1) is 12.5. The summed E-state index contributed by atoms with van der Waals surface area (Å²) in [6, 6.07) is 4.00. The van der Waals surface area contributed by atoms with Gasteiger partial charge >= 0.3 is 5.97 Å². The van der Waals surface area contributed by atoms with Gasteiger partial charge in [-0.2, -0.15) is 10.4 Å². The Hall–Kier alpha value is -3.12. The number of esters is 1. The van der Waals surface area contributed by atoms with Gasteiger partial charge < -0.3 is 15.2 Å². The molecule has 3 heterocycles. The second-order valence-corrected chi connectivity index (χ2v) is 6.51. The summed E-state index contributed by atoms with van der Waals surface area (Å²) in [6.07, 6.45) is 3.09. The van der Waals surface area contributed by atoms with Crippen LogP contribution in [0.3, 0.4) is 0 Å². The molecule has 8 nitrogen and oxygen atoms in total. The minimum atomic E-state index is -0.609. The Labute approximate surface area is 154 Å².